The number of aryl methyl sites for hydroxylation is 1. The standard InChI is InChI=1S/C20H19N3O3/c1-13-16(26-19(25)20(2,3)4)15-17(22-13)21-12-23(18(15)24)11-10-14-8-6-5-7-9-14/h5-9,12,22H,1-4H3. The van der Waals surface area contributed by atoms with Gasteiger partial charge in [0, 0.05) is 11.6 Å². The van der Waals surface area contributed by atoms with Crippen molar-refractivity contribution in [2.45, 2.75) is 27.7 Å². The third-order valence-electron chi connectivity index (χ3n) is 3.75. The number of carbonyl (C=O) groups is 1. The van der Waals surface area contributed by atoms with E-state index in [1.165, 1.54) is 10.9 Å². The molecule has 3 aromatic rings. The summed E-state index contributed by atoms with van der Waals surface area (Å²) in [7, 11) is 0. The number of benzene rings is 1. The van der Waals surface area contributed by atoms with Gasteiger partial charge < -0.3 is 9.72 Å². The van der Waals surface area contributed by atoms with E-state index in [0.717, 1.165) is 5.56 Å². The first kappa shape index (κ1) is 17.5. The molecular weight excluding hydrogens is 330 g/mol. The molecule has 0 bridgehead atoms. The van der Waals surface area contributed by atoms with Crippen LogP contribution < -0.4 is 10.3 Å². The van der Waals surface area contributed by atoms with Gasteiger partial charge in [-0.15, -0.1) is 0 Å². The number of esters is 1. The van der Waals surface area contributed by atoms with Crippen LogP contribution in [0.2, 0.25) is 0 Å². The zero-order valence-corrected chi connectivity index (χ0v) is 15.1. The molecule has 0 aliphatic carbocycles. The molecule has 0 spiro atoms. The number of nitrogens with one attached hydrogen (secondary N) is 1. The van der Waals surface area contributed by atoms with E-state index in [-0.39, 0.29) is 16.7 Å². The van der Waals surface area contributed by atoms with E-state index in [0.29, 0.717) is 11.3 Å². The zero-order valence-electron chi connectivity index (χ0n) is 15.1. The highest BCUT2D eigenvalue weighted by molar-refractivity contribution is 5.88. The van der Waals surface area contributed by atoms with Crippen LogP contribution in [0.4, 0.5) is 0 Å². The van der Waals surface area contributed by atoms with Gasteiger partial charge in [-0.05, 0) is 45.7 Å². The molecule has 0 aliphatic rings. The Morgan fingerprint density at radius 3 is 2.58 bits per heavy atom. The molecular formula is C20H19N3O3. The Hall–Kier alpha value is -3.33. The lowest BCUT2D eigenvalue weighted by Crippen LogP contribution is -2.26. The van der Waals surface area contributed by atoms with Gasteiger partial charge in [-0.2, -0.15) is 0 Å². The number of aromatic nitrogens is 3. The summed E-state index contributed by atoms with van der Waals surface area (Å²) < 4.78 is 6.68. The summed E-state index contributed by atoms with van der Waals surface area (Å²) in [5.74, 6) is 2.69. The van der Waals surface area contributed by atoms with Gasteiger partial charge in [0.25, 0.3) is 5.56 Å². The minimum Gasteiger partial charge on any atom is -0.423 e. The number of aromatic amines is 1. The molecule has 0 fully saturated rings. The first-order valence-corrected chi connectivity index (χ1v) is 8.16. The van der Waals surface area contributed by atoms with Crippen molar-refractivity contribution < 1.29 is 9.53 Å². The summed E-state index contributed by atoms with van der Waals surface area (Å²) in [6.45, 7) is 6.98. The molecule has 132 valence electrons. The molecule has 0 aliphatic heterocycles. The molecule has 1 N–H and O–H groups in total. The average molecular weight is 349 g/mol. The van der Waals surface area contributed by atoms with Crippen LogP contribution in [-0.4, -0.2) is 20.5 Å². The van der Waals surface area contributed by atoms with Crippen LogP contribution in [0.1, 0.15) is 32.0 Å². The second-order valence-corrected chi connectivity index (χ2v) is 6.96. The molecule has 0 atom stereocenters. The Labute approximate surface area is 150 Å². The van der Waals surface area contributed by atoms with Crippen LogP contribution >= 0.6 is 0 Å². The van der Waals surface area contributed by atoms with Gasteiger partial charge in [-0.1, -0.05) is 18.2 Å². The lowest BCUT2D eigenvalue weighted by atomic mass is 9.97. The van der Waals surface area contributed by atoms with Crippen LogP contribution in [0.5, 0.6) is 5.75 Å². The topological polar surface area (TPSA) is 77.0 Å². The summed E-state index contributed by atoms with van der Waals surface area (Å²) in [6.07, 6.45) is 1.35. The SMILES string of the molecule is Cc1[nH]c2ncn(C#Cc3ccccc3)c(=O)c2c1OC(=O)C(C)(C)C. The Balaban J connectivity index is 2.09. The Morgan fingerprint density at radius 1 is 1.23 bits per heavy atom. The number of hydrogen-bond acceptors (Lipinski definition) is 4. The van der Waals surface area contributed by atoms with Crippen molar-refractivity contribution in [3.05, 3.63) is 58.3 Å². The fraction of sp³-hybridized carbons (Fsp3) is 0.250. The number of H-pyrrole nitrogens is 1. The van der Waals surface area contributed by atoms with Gasteiger partial charge in [0.1, 0.15) is 17.4 Å². The molecule has 0 unspecified atom stereocenters. The average Bonchev–Trinajstić information content (AvgIpc) is 2.91. The molecule has 0 amide bonds. The predicted octanol–water partition coefficient (Wildman–Crippen LogP) is 2.84. The van der Waals surface area contributed by atoms with Crippen molar-refractivity contribution in [1.29, 1.82) is 0 Å². The van der Waals surface area contributed by atoms with Crippen LogP contribution in [0.25, 0.3) is 11.0 Å². The van der Waals surface area contributed by atoms with Crippen molar-refractivity contribution >= 4 is 17.0 Å². The number of hydrogen-bond donors (Lipinski definition) is 1. The van der Waals surface area contributed by atoms with Gasteiger partial charge in [0.05, 0.1) is 11.1 Å². The highest BCUT2D eigenvalue weighted by atomic mass is 16.5. The van der Waals surface area contributed by atoms with Crippen molar-refractivity contribution in [2.24, 2.45) is 5.41 Å². The second-order valence-electron chi connectivity index (χ2n) is 6.96. The lowest BCUT2D eigenvalue weighted by molar-refractivity contribution is -0.142. The third kappa shape index (κ3) is 3.38. The molecule has 26 heavy (non-hydrogen) atoms. The highest BCUT2D eigenvalue weighted by Crippen LogP contribution is 2.28. The molecule has 2 aromatic heterocycles. The van der Waals surface area contributed by atoms with E-state index >= 15 is 0 Å². The maximum Gasteiger partial charge on any atom is 0.316 e. The smallest absolute Gasteiger partial charge is 0.316 e. The minimum absolute atomic E-state index is 0.202. The second kappa shape index (κ2) is 6.52. The monoisotopic (exact) mass is 349 g/mol. The van der Waals surface area contributed by atoms with Crippen LogP contribution in [-0.2, 0) is 4.79 Å². The first-order chi connectivity index (χ1) is 12.3. The van der Waals surface area contributed by atoms with Crippen molar-refractivity contribution in [1.82, 2.24) is 14.5 Å². The van der Waals surface area contributed by atoms with Crippen molar-refractivity contribution in [2.75, 3.05) is 0 Å². The van der Waals surface area contributed by atoms with Crippen molar-refractivity contribution in [3.8, 4) is 17.7 Å². The number of rotatable bonds is 1. The summed E-state index contributed by atoms with van der Waals surface area (Å²) in [5, 5.41) is 0.213. The first-order valence-electron chi connectivity index (χ1n) is 8.16. The minimum atomic E-state index is -0.690. The van der Waals surface area contributed by atoms with E-state index in [1.807, 2.05) is 30.3 Å². The molecule has 6 nitrogen and oxygen atoms in total. The normalized spacial score (nSPS) is 11.1. The van der Waals surface area contributed by atoms with E-state index < -0.39 is 11.4 Å². The predicted molar refractivity (Wildman–Crippen MR) is 98.9 cm³/mol. The van der Waals surface area contributed by atoms with E-state index in [1.54, 1.807) is 27.7 Å². The largest absolute Gasteiger partial charge is 0.423 e. The fourth-order valence-corrected chi connectivity index (χ4v) is 2.27. The molecule has 1 aromatic carbocycles. The summed E-state index contributed by atoms with van der Waals surface area (Å²) in [6, 6.07) is 12.1. The molecule has 2 heterocycles. The van der Waals surface area contributed by atoms with E-state index in [9.17, 15) is 9.59 Å². The summed E-state index contributed by atoms with van der Waals surface area (Å²) >= 11 is 0. The molecule has 0 saturated heterocycles. The Morgan fingerprint density at radius 2 is 1.92 bits per heavy atom. The van der Waals surface area contributed by atoms with E-state index in [4.69, 9.17) is 4.74 Å². The zero-order chi connectivity index (χ0) is 18.9. The summed E-state index contributed by atoms with van der Waals surface area (Å²) in [5.41, 5.74) is 0.631. The number of ether oxygens (including phenoxy) is 1. The highest BCUT2D eigenvalue weighted by Gasteiger charge is 2.27. The van der Waals surface area contributed by atoms with Gasteiger partial charge in [-0.25, -0.2) is 9.55 Å². The Kier molecular flexibility index (Phi) is 4.39. The Bertz CT molecular complexity index is 1090. The van der Waals surface area contributed by atoms with Crippen LogP contribution in [0.15, 0.2) is 41.5 Å². The van der Waals surface area contributed by atoms with Gasteiger partial charge in [0.2, 0.25) is 0 Å². The maximum atomic E-state index is 12.8. The van der Waals surface area contributed by atoms with Crippen LogP contribution in [0, 0.1) is 24.3 Å². The fourth-order valence-electron chi connectivity index (χ4n) is 2.27. The lowest BCUT2D eigenvalue weighted by Gasteiger charge is -2.16. The summed E-state index contributed by atoms with van der Waals surface area (Å²) in [4.78, 5) is 32.3. The number of carbonyl (C=O) groups excluding carboxylic acids is 1. The maximum absolute atomic E-state index is 12.8. The van der Waals surface area contributed by atoms with E-state index in [2.05, 4.69) is 21.9 Å². The molecule has 0 saturated carbocycles. The van der Waals surface area contributed by atoms with Crippen molar-refractivity contribution in [3.63, 3.8) is 0 Å². The van der Waals surface area contributed by atoms with Gasteiger partial charge >= 0.3 is 5.97 Å². The molecule has 0 radical (unpaired) electrons. The molecule has 6 heteroatoms. The van der Waals surface area contributed by atoms with Gasteiger partial charge in [-0.3, -0.25) is 9.59 Å². The van der Waals surface area contributed by atoms with Crippen LogP contribution in [0.3, 0.4) is 0 Å². The van der Waals surface area contributed by atoms with Gasteiger partial charge in [0.15, 0.2) is 5.75 Å². The quantitative estimate of drug-likeness (QED) is 0.541. The number of nitrogens with zero attached hydrogens (tertiary/aromatic N) is 2. The molecule has 3 rings (SSSR count). The third-order valence-corrected chi connectivity index (χ3v) is 3.75. The number of fused-ring (bicyclic) bond motifs is 1.